The summed E-state index contributed by atoms with van der Waals surface area (Å²) in [7, 11) is 0. The molecule has 0 saturated carbocycles. The summed E-state index contributed by atoms with van der Waals surface area (Å²) in [6.07, 6.45) is -16.0. The molecule has 1 N–H and O–H groups in total. The molecule has 0 radical (unpaired) electrons. The smallest absolute Gasteiger partial charge is 0.338 e. The second kappa shape index (κ2) is 21.8. The predicted octanol–water partition coefficient (Wildman–Crippen LogP) is 5.27. The Labute approximate surface area is 377 Å². The molecule has 5 aromatic rings. The summed E-state index contributed by atoms with van der Waals surface area (Å²) in [5.74, 6) is -7.23. The number of ether oxygens (including phenoxy) is 9. The standard InChI is InChI=1S/C49H42O17/c1-29(50)60-42-40(64-48(57)34-25-15-6-16-26-34)39(63-47(56)33-23-13-5-14-24-33)41(43(51)52)66-49(42)65-38-36(28-59-45(54)31-19-9-3-10-20-31)61-35(27-58-44(53)30-17-7-2-8-18-30)37(38)62-46(55)32-21-11-4-12-22-32/h2-26,35-42,49H,27-28H2,1H3,(H,51,52)/t35-,36-,37-,38-,39+,40+,41-,42-,49-/m1/s1. The van der Waals surface area contributed by atoms with Crippen molar-refractivity contribution >= 4 is 41.8 Å². The van der Waals surface area contributed by atoms with Crippen LogP contribution in [0.15, 0.2) is 152 Å². The third-order valence-corrected chi connectivity index (χ3v) is 10.3. The van der Waals surface area contributed by atoms with Crippen molar-refractivity contribution in [2.45, 2.75) is 62.0 Å². The molecule has 5 aromatic carbocycles. The number of carbonyl (C=O) groups excluding carboxylic acids is 6. The van der Waals surface area contributed by atoms with Crippen LogP contribution in [0, 0.1) is 0 Å². The Morgan fingerprint density at radius 3 is 1.15 bits per heavy atom. The number of aliphatic carboxylic acids is 1. The fourth-order valence-electron chi connectivity index (χ4n) is 7.16. The molecule has 0 spiro atoms. The van der Waals surface area contributed by atoms with Gasteiger partial charge in [0.1, 0.15) is 31.5 Å². The van der Waals surface area contributed by atoms with Crippen molar-refractivity contribution in [1.82, 2.24) is 0 Å². The zero-order valence-corrected chi connectivity index (χ0v) is 35.0. The SMILES string of the molecule is CC(=O)O[C@H]1[C@H](O[C@H]2[C@H](OC(=O)c3ccccc3)[C@@H](COC(=O)c3ccccc3)O[C@@H]2COC(=O)c2ccccc2)O[C@@H](C(=O)O)[C@@H](OC(=O)c2ccccc2)[C@@H]1OC(=O)c1ccccc1. The van der Waals surface area contributed by atoms with Gasteiger partial charge in [0.25, 0.3) is 0 Å². The topological polar surface area (TPSA) is 223 Å². The van der Waals surface area contributed by atoms with E-state index >= 15 is 0 Å². The molecule has 2 fully saturated rings. The van der Waals surface area contributed by atoms with Gasteiger partial charge in [-0.3, -0.25) is 4.79 Å². The Morgan fingerprint density at radius 1 is 0.424 bits per heavy atom. The third-order valence-electron chi connectivity index (χ3n) is 10.3. The van der Waals surface area contributed by atoms with E-state index in [1.807, 2.05) is 0 Å². The van der Waals surface area contributed by atoms with Crippen LogP contribution in [0.4, 0.5) is 0 Å². The van der Waals surface area contributed by atoms with Crippen molar-refractivity contribution in [2.75, 3.05) is 13.2 Å². The van der Waals surface area contributed by atoms with Gasteiger partial charge in [-0.2, -0.15) is 0 Å². The van der Waals surface area contributed by atoms with Gasteiger partial charge in [0.2, 0.25) is 0 Å². The van der Waals surface area contributed by atoms with Crippen LogP contribution in [0.3, 0.4) is 0 Å². The second-order valence-electron chi connectivity index (χ2n) is 14.8. The highest BCUT2D eigenvalue weighted by Gasteiger charge is 2.58. The molecule has 340 valence electrons. The highest BCUT2D eigenvalue weighted by Crippen LogP contribution is 2.36. The molecule has 9 atom stereocenters. The summed E-state index contributed by atoms with van der Waals surface area (Å²) in [5, 5.41) is 10.6. The zero-order chi connectivity index (χ0) is 46.6. The van der Waals surface area contributed by atoms with Gasteiger partial charge in [-0.1, -0.05) is 91.0 Å². The first-order valence-electron chi connectivity index (χ1n) is 20.6. The summed E-state index contributed by atoms with van der Waals surface area (Å²) in [5.41, 5.74) is 0.433. The van der Waals surface area contributed by atoms with Crippen molar-refractivity contribution in [2.24, 2.45) is 0 Å². The van der Waals surface area contributed by atoms with Gasteiger partial charge in [0.05, 0.1) is 27.8 Å². The minimum Gasteiger partial charge on any atom is -0.479 e. The zero-order valence-electron chi connectivity index (χ0n) is 35.0. The minimum absolute atomic E-state index is 0.00439. The Bertz CT molecular complexity index is 2470. The molecule has 66 heavy (non-hydrogen) atoms. The van der Waals surface area contributed by atoms with Gasteiger partial charge >= 0.3 is 41.8 Å². The molecule has 0 amide bonds. The lowest BCUT2D eigenvalue weighted by atomic mass is 9.97. The lowest BCUT2D eigenvalue weighted by Gasteiger charge is -2.44. The molecule has 0 aliphatic carbocycles. The Morgan fingerprint density at radius 2 is 0.773 bits per heavy atom. The van der Waals surface area contributed by atoms with Crippen LogP contribution in [0.25, 0.3) is 0 Å². The monoisotopic (exact) mass is 902 g/mol. The molecule has 2 aliphatic heterocycles. The van der Waals surface area contributed by atoms with Crippen LogP contribution in [0.2, 0.25) is 0 Å². The predicted molar refractivity (Wildman–Crippen MR) is 226 cm³/mol. The van der Waals surface area contributed by atoms with Gasteiger partial charge < -0.3 is 47.7 Å². The number of hydrogen-bond donors (Lipinski definition) is 1. The summed E-state index contributed by atoms with van der Waals surface area (Å²) < 4.78 is 53.4. The number of carbonyl (C=O) groups is 7. The van der Waals surface area contributed by atoms with Crippen LogP contribution in [-0.2, 0) is 52.2 Å². The van der Waals surface area contributed by atoms with Crippen molar-refractivity contribution < 1.29 is 81.3 Å². The average molecular weight is 903 g/mol. The third kappa shape index (κ3) is 11.5. The lowest BCUT2D eigenvalue weighted by molar-refractivity contribution is -0.312. The van der Waals surface area contributed by atoms with Gasteiger partial charge in [-0.15, -0.1) is 0 Å². The van der Waals surface area contributed by atoms with E-state index in [0.717, 1.165) is 6.92 Å². The van der Waals surface area contributed by atoms with Gasteiger partial charge in [-0.05, 0) is 60.7 Å². The summed E-state index contributed by atoms with van der Waals surface area (Å²) in [4.78, 5) is 93.6. The second-order valence-corrected chi connectivity index (χ2v) is 14.8. The van der Waals surface area contributed by atoms with Gasteiger partial charge in [-0.25, -0.2) is 28.8 Å². The quantitative estimate of drug-likeness (QED) is 0.0984. The molecular formula is C49H42O17. The maximum Gasteiger partial charge on any atom is 0.338 e. The number of benzene rings is 5. The molecule has 17 heteroatoms. The molecule has 2 aliphatic rings. The number of hydrogen-bond acceptors (Lipinski definition) is 16. The van der Waals surface area contributed by atoms with E-state index in [0.29, 0.717) is 0 Å². The lowest BCUT2D eigenvalue weighted by Crippen LogP contribution is -2.64. The van der Waals surface area contributed by atoms with E-state index in [4.69, 9.17) is 42.6 Å². The molecule has 2 saturated heterocycles. The maximum atomic E-state index is 13.8. The van der Waals surface area contributed by atoms with E-state index < -0.39 is 110 Å². The Balaban J connectivity index is 1.28. The van der Waals surface area contributed by atoms with E-state index in [1.54, 1.807) is 66.7 Å². The van der Waals surface area contributed by atoms with Crippen molar-refractivity contribution in [3.05, 3.63) is 179 Å². The number of esters is 6. The molecule has 7 rings (SSSR count). The molecule has 17 nitrogen and oxygen atoms in total. The summed E-state index contributed by atoms with van der Waals surface area (Å²) in [6.45, 7) is -0.152. The fraction of sp³-hybridized carbons (Fsp3) is 0.245. The van der Waals surface area contributed by atoms with Crippen molar-refractivity contribution in [1.29, 1.82) is 0 Å². The van der Waals surface area contributed by atoms with E-state index in [1.165, 1.54) is 84.9 Å². The molecule has 2 heterocycles. The fourth-order valence-corrected chi connectivity index (χ4v) is 7.16. The maximum absolute atomic E-state index is 13.8. The molecule has 0 unspecified atom stereocenters. The van der Waals surface area contributed by atoms with E-state index in [-0.39, 0.29) is 27.8 Å². The molecule has 0 bridgehead atoms. The van der Waals surface area contributed by atoms with Gasteiger partial charge in [0.15, 0.2) is 36.8 Å². The first-order valence-corrected chi connectivity index (χ1v) is 20.6. The van der Waals surface area contributed by atoms with Crippen molar-refractivity contribution in [3.8, 4) is 0 Å². The van der Waals surface area contributed by atoms with Crippen LogP contribution in [0.5, 0.6) is 0 Å². The van der Waals surface area contributed by atoms with Crippen LogP contribution in [-0.4, -0.2) is 115 Å². The largest absolute Gasteiger partial charge is 0.479 e. The molecular weight excluding hydrogens is 861 g/mol. The van der Waals surface area contributed by atoms with Crippen molar-refractivity contribution in [3.63, 3.8) is 0 Å². The summed E-state index contributed by atoms with van der Waals surface area (Å²) >= 11 is 0. The Kier molecular flexibility index (Phi) is 15.3. The van der Waals surface area contributed by atoms with E-state index in [9.17, 15) is 38.7 Å². The summed E-state index contributed by atoms with van der Waals surface area (Å²) in [6, 6.07) is 38.7. The van der Waals surface area contributed by atoms with Crippen LogP contribution >= 0.6 is 0 Å². The van der Waals surface area contributed by atoms with E-state index in [2.05, 4.69) is 0 Å². The van der Waals surface area contributed by atoms with Crippen LogP contribution < -0.4 is 0 Å². The Hall–Kier alpha value is -7.73. The average Bonchev–Trinajstić information content (AvgIpc) is 3.66. The van der Waals surface area contributed by atoms with Crippen LogP contribution in [0.1, 0.15) is 58.7 Å². The first kappa shape index (κ1) is 46.3. The highest BCUT2D eigenvalue weighted by atomic mass is 16.8. The van der Waals surface area contributed by atoms with Gasteiger partial charge in [0, 0.05) is 6.92 Å². The highest BCUT2D eigenvalue weighted by molar-refractivity contribution is 5.92. The normalized spacial score (nSPS) is 23.3. The molecule has 0 aromatic heterocycles. The minimum atomic E-state index is -2.17. The number of rotatable bonds is 16. The number of carboxylic acid groups (broad SMARTS) is 1. The first-order chi connectivity index (χ1) is 32.0. The number of carboxylic acids is 1.